The Labute approximate surface area is 137 Å². The van der Waals surface area contributed by atoms with Crippen molar-refractivity contribution in [2.24, 2.45) is 0 Å². The van der Waals surface area contributed by atoms with Gasteiger partial charge in [-0.1, -0.05) is 18.2 Å². The molecule has 118 valence electrons. The van der Waals surface area contributed by atoms with Gasteiger partial charge in [-0.3, -0.25) is 14.0 Å². The van der Waals surface area contributed by atoms with E-state index in [4.69, 9.17) is 0 Å². The highest BCUT2D eigenvalue weighted by Crippen LogP contribution is 2.11. The largest absolute Gasteiger partial charge is 0.349 e. The molecule has 0 aliphatic carbocycles. The fourth-order valence-corrected chi connectivity index (χ4v) is 2.85. The molecule has 0 saturated carbocycles. The van der Waals surface area contributed by atoms with Gasteiger partial charge in [0.25, 0.3) is 5.91 Å². The Hall–Kier alpha value is -2.67. The number of nitrogens with one attached hydrogen (secondary N) is 2. The van der Waals surface area contributed by atoms with Crippen LogP contribution in [0.5, 0.6) is 0 Å². The monoisotopic (exact) mass is 328 g/mol. The number of carbonyl (C=O) groups is 2. The lowest BCUT2D eigenvalue weighted by Crippen LogP contribution is -2.44. The van der Waals surface area contributed by atoms with E-state index in [0.717, 1.165) is 10.7 Å². The van der Waals surface area contributed by atoms with Gasteiger partial charge in [0.15, 0.2) is 4.96 Å². The van der Waals surface area contributed by atoms with Crippen LogP contribution in [-0.4, -0.2) is 27.2 Å². The molecule has 1 unspecified atom stereocenters. The number of fused-ring (bicyclic) bond motifs is 1. The first-order valence-corrected chi connectivity index (χ1v) is 8.06. The van der Waals surface area contributed by atoms with Gasteiger partial charge in [-0.15, -0.1) is 11.3 Å². The van der Waals surface area contributed by atoms with E-state index < -0.39 is 6.04 Å². The molecule has 2 aromatic heterocycles. The van der Waals surface area contributed by atoms with E-state index in [0.29, 0.717) is 12.1 Å². The fourth-order valence-electron chi connectivity index (χ4n) is 2.13. The van der Waals surface area contributed by atoms with Gasteiger partial charge in [-0.05, 0) is 19.1 Å². The second kappa shape index (κ2) is 6.62. The Bertz CT molecular complexity index is 796. The van der Waals surface area contributed by atoms with Crippen LogP contribution in [0.2, 0.25) is 0 Å². The predicted octanol–water partition coefficient (Wildman–Crippen LogP) is 1.83. The molecule has 2 heterocycles. The topological polar surface area (TPSA) is 75.5 Å². The van der Waals surface area contributed by atoms with Crippen LogP contribution < -0.4 is 10.6 Å². The predicted molar refractivity (Wildman–Crippen MR) is 88.3 cm³/mol. The van der Waals surface area contributed by atoms with Crippen molar-refractivity contribution in [1.82, 2.24) is 20.0 Å². The van der Waals surface area contributed by atoms with Gasteiger partial charge >= 0.3 is 0 Å². The summed E-state index contributed by atoms with van der Waals surface area (Å²) in [6.07, 6.45) is 3.79. The van der Waals surface area contributed by atoms with Crippen LogP contribution in [0.25, 0.3) is 4.96 Å². The van der Waals surface area contributed by atoms with Gasteiger partial charge in [-0.25, -0.2) is 4.98 Å². The molecule has 0 bridgehead atoms. The van der Waals surface area contributed by atoms with Crippen molar-refractivity contribution in [1.29, 1.82) is 0 Å². The second-order valence-electron chi connectivity index (χ2n) is 5.10. The second-order valence-corrected chi connectivity index (χ2v) is 5.98. The third kappa shape index (κ3) is 3.57. The molecule has 7 heteroatoms. The average molecular weight is 328 g/mol. The summed E-state index contributed by atoms with van der Waals surface area (Å²) in [7, 11) is 0. The summed E-state index contributed by atoms with van der Waals surface area (Å²) in [6.45, 7) is 1.99. The summed E-state index contributed by atoms with van der Waals surface area (Å²) < 4.78 is 1.91. The van der Waals surface area contributed by atoms with Crippen LogP contribution in [0, 0.1) is 0 Å². The average Bonchev–Trinajstić information content (AvgIpc) is 3.14. The summed E-state index contributed by atoms with van der Waals surface area (Å²) in [6, 6.07) is 8.19. The van der Waals surface area contributed by atoms with E-state index in [2.05, 4.69) is 15.6 Å². The zero-order chi connectivity index (χ0) is 16.2. The van der Waals surface area contributed by atoms with E-state index in [1.54, 1.807) is 31.2 Å². The molecule has 0 aliphatic heterocycles. The molecule has 2 amide bonds. The number of aromatic nitrogens is 2. The lowest BCUT2D eigenvalue weighted by Gasteiger charge is -2.13. The zero-order valence-electron chi connectivity index (χ0n) is 12.5. The van der Waals surface area contributed by atoms with Gasteiger partial charge in [0.2, 0.25) is 5.91 Å². The van der Waals surface area contributed by atoms with Crippen molar-refractivity contribution in [2.75, 3.05) is 0 Å². The van der Waals surface area contributed by atoms with E-state index >= 15 is 0 Å². The highest BCUT2D eigenvalue weighted by molar-refractivity contribution is 7.15. The molecule has 0 radical (unpaired) electrons. The van der Waals surface area contributed by atoms with Gasteiger partial charge in [-0.2, -0.15) is 0 Å². The molecule has 0 aliphatic rings. The molecule has 1 aromatic carbocycles. The molecule has 0 spiro atoms. The number of hydrogen-bond donors (Lipinski definition) is 2. The van der Waals surface area contributed by atoms with Crippen LogP contribution in [0.4, 0.5) is 0 Å². The van der Waals surface area contributed by atoms with Gasteiger partial charge < -0.3 is 10.6 Å². The van der Waals surface area contributed by atoms with Crippen LogP contribution >= 0.6 is 11.3 Å². The third-order valence-corrected chi connectivity index (χ3v) is 4.13. The SMILES string of the molecule is CC(NC(=O)c1ccccc1)C(=O)NCc1cn2ccsc2n1. The minimum absolute atomic E-state index is 0.245. The van der Waals surface area contributed by atoms with Crippen molar-refractivity contribution >= 4 is 28.1 Å². The fraction of sp³-hybridized carbons (Fsp3) is 0.188. The van der Waals surface area contributed by atoms with Crippen LogP contribution in [0.3, 0.4) is 0 Å². The number of thiazole rings is 1. The Kier molecular flexibility index (Phi) is 4.38. The number of amides is 2. The first-order valence-electron chi connectivity index (χ1n) is 7.18. The molecule has 1 atom stereocenters. The third-order valence-electron chi connectivity index (χ3n) is 3.36. The van der Waals surface area contributed by atoms with E-state index in [1.807, 2.05) is 28.2 Å². The summed E-state index contributed by atoms with van der Waals surface area (Å²) in [4.78, 5) is 29.4. The van der Waals surface area contributed by atoms with Gasteiger partial charge in [0.1, 0.15) is 6.04 Å². The van der Waals surface area contributed by atoms with Crippen molar-refractivity contribution in [2.45, 2.75) is 19.5 Å². The highest BCUT2D eigenvalue weighted by atomic mass is 32.1. The first kappa shape index (κ1) is 15.2. The minimum Gasteiger partial charge on any atom is -0.349 e. The quantitative estimate of drug-likeness (QED) is 0.750. The zero-order valence-corrected chi connectivity index (χ0v) is 13.3. The number of hydrogen-bond acceptors (Lipinski definition) is 4. The summed E-state index contributed by atoms with van der Waals surface area (Å²) in [5.41, 5.74) is 1.31. The first-order chi connectivity index (χ1) is 11.1. The number of carbonyl (C=O) groups excluding carboxylic acids is 2. The molecule has 23 heavy (non-hydrogen) atoms. The highest BCUT2D eigenvalue weighted by Gasteiger charge is 2.16. The molecule has 6 nitrogen and oxygen atoms in total. The van der Waals surface area contributed by atoms with Gasteiger partial charge in [0.05, 0.1) is 12.2 Å². The van der Waals surface area contributed by atoms with Crippen LogP contribution in [0.15, 0.2) is 48.1 Å². The van der Waals surface area contributed by atoms with Crippen LogP contribution in [0.1, 0.15) is 23.0 Å². The molecule has 3 rings (SSSR count). The van der Waals surface area contributed by atoms with E-state index in [1.165, 1.54) is 11.3 Å². The molecular weight excluding hydrogens is 312 g/mol. The smallest absolute Gasteiger partial charge is 0.251 e. The summed E-state index contributed by atoms with van der Waals surface area (Å²) in [5, 5.41) is 7.41. The Morgan fingerprint density at radius 1 is 1.30 bits per heavy atom. The Morgan fingerprint density at radius 2 is 2.09 bits per heavy atom. The number of rotatable bonds is 5. The molecule has 0 fully saturated rings. The number of benzene rings is 1. The maximum Gasteiger partial charge on any atom is 0.251 e. The van der Waals surface area contributed by atoms with Crippen molar-refractivity contribution in [3.05, 3.63) is 59.4 Å². The maximum atomic E-state index is 12.1. The number of nitrogens with zero attached hydrogens (tertiary/aromatic N) is 2. The molecule has 2 N–H and O–H groups in total. The standard InChI is InChI=1S/C16H16N4O2S/c1-11(18-15(22)12-5-3-2-4-6-12)14(21)17-9-13-10-20-7-8-23-16(20)19-13/h2-8,10-11H,9H2,1H3,(H,17,21)(H,18,22). The maximum absolute atomic E-state index is 12.1. The van der Waals surface area contributed by atoms with Gasteiger partial charge in [0, 0.05) is 23.3 Å². The minimum atomic E-state index is -0.619. The lowest BCUT2D eigenvalue weighted by atomic mass is 10.2. The summed E-state index contributed by atoms with van der Waals surface area (Å²) >= 11 is 1.54. The molecule has 3 aromatic rings. The van der Waals surface area contributed by atoms with Crippen molar-refractivity contribution in [3.63, 3.8) is 0 Å². The number of imidazole rings is 1. The lowest BCUT2D eigenvalue weighted by molar-refractivity contribution is -0.122. The molecule has 0 saturated heterocycles. The van der Waals surface area contributed by atoms with Crippen molar-refractivity contribution < 1.29 is 9.59 Å². The summed E-state index contributed by atoms with van der Waals surface area (Å²) in [5.74, 6) is -0.513. The normalized spacial score (nSPS) is 12.0. The Balaban J connectivity index is 1.53. The van der Waals surface area contributed by atoms with Crippen LogP contribution in [-0.2, 0) is 11.3 Å². The van der Waals surface area contributed by atoms with Crippen molar-refractivity contribution in [3.8, 4) is 0 Å². The molecular formula is C16H16N4O2S. The van der Waals surface area contributed by atoms with E-state index in [9.17, 15) is 9.59 Å². The Morgan fingerprint density at radius 3 is 2.83 bits per heavy atom. The van der Waals surface area contributed by atoms with E-state index in [-0.39, 0.29) is 11.8 Å².